The number of nitrogens with zero attached hydrogens (tertiary/aromatic N) is 6. The number of aromatic nitrogens is 4. The minimum atomic E-state index is -3.65. The van der Waals surface area contributed by atoms with Crippen molar-refractivity contribution in [3.63, 3.8) is 0 Å². The van der Waals surface area contributed by atoms with Crippen molar-refractivity contribution in [1.82, 2.24) is 19.5 Å². The van der Waals surface area contributed by atoms with Gasteiger partial charge in [0.05, 0.1) is 4.92 Å². The van der Waals surface area contributed by atoms with Gasteiger partial charge >= 0.3 is 11.2 Å². The summed E-state index contributed by atoms with van der Waals surface area (Å²) in [5.41, 5.74) is -1.01. The second-order valence-corrected chi connectivity index (χ2v) is 8.57. The lowest BCUT2D eigenvalue weighted by molar-refractivity contribution is -0.386. The van der Waals surface area contributed by atoms with Crippen LogP contribution in [-0.4, -0.2) is 45.7 Å². The van der Waals surface area contributed by atoms with Gasteiger partial charge in [-0.2, -0.15) is 0 Å². The second kappa shape index (κ2) is 7.30. The van der Waals surface area contributed by atoms with Crippen LogP contribution in [0.15, 0.2) is 52.5 Å². The second-order valence-electron chi connectivity index (χ2n) is 6.66. The molecular formula is C18H16N6O5S. The van der Waals surface area contributed by atoms with Gasteiger partial charge in [0.25, 0.3) is 0 Å². The van der Waals surface area contributed by atoms with E-state index in [1.54, 1.807) is 35.2 Å². The average molecular weight is 428 g/mol. The van der Waals surface area contributed by atoms with Crippen LogP contribution in [0.4, 0.5) is 17.5 Å². The van der Waals surface area contributed by atoms with Crippen LogP contribution in [0.25, 0.3) is 11.3 Å². The maximum atomic E-state index is 13.0. The topological polar surface area (TPSA) is 141 Å². The summed E-state index contributed by atoms with van der Waals surface area (Å²) >= 11 is 0. The molecule has 3 heterocycles. The molecule has 1 aromatic carbocycles. The van der Waals surface area contributed by atoms with E-state index in [0.29, 0.717) is 18.5 Å². The average Bonchev–Trinajstić information content (AvgIpc) is 2.73. The van der Waals surface area contributed by atoms with Gasteiger partial charge in [-0.25, -0.2) is 23.4 Å². The van der Waals surface area contributed by atoms with Gasteiger partial charge in [0.15, 0.2) is 5.69 Å². The highest BCUT2D eigenvalue weighted by Crippen LogP contribution is 2.31. The summed E-state index contributed by atoms with van der Waals surface area (Å²) in [6.07, 6.45) is 2.80. The molecule has 11 nitrogen and oxygen atoms in total. The molecule has 0 aliphatic carbocycles. The molecule has 0 unspecified atom stereocenters. The van der Waals surface area contributed by atoms with E-state index in [4.69, 9.17) is 0 Å². The Bertz CT molecular complexity index is 1310. The van der Waals surface area contributed by atoms with Gasteiger partial charge in [0.2, 0.25) is 20.9 Å². The summed E-state index contributed by atoms with van der Waals surface area (Å²) in [4.78, 5) is 37.8. The molecular weight excluding hydrogens is 412 g/mol. The smallest absolute Gasteiger partial charge is 0.296 e. The van der Waals surface area contributed by atoms with E-state index in [1.165, 1.54) is 16.8 Å². The van der Waals surface area contributed by atoms with Crippen molar-refractivity contribution < 1.29 is 13.3 Å². The molecule has 4 rings (SSSR count). The number of benzene rings is 1. The van der Waals surface area contributed by atoms with Gasteiger partial charge in [-0.1, -0.05) is 30.3 Å². The fourth-order valence-corrected chi connectivity index (χ4v) is 3.78. The first-order valence-electron chi connectivity index (χ1n) is 8.92. The van der Waals surface area contributed by atoms with Gasteiger partial charge in [0, 0.05) is 31.1 Å². The van der Waals surface area contributed by atoms with Crippen LogP contribution < -0.4 is 10.5 Å². The number of hydrogen-bond acceptors (Lipinski definition) is 9. The maximum Gasteiger partial charge on any atom is 0.360 e. The van der Waals surface area contributed by atoms with E-state index in [0.717, 1.165) is 6.26 Å². The number of nitro groups is 1. The van der Waals surface area contributed by atoms with E-state index in [1.807, 2.05) is 0 Å². The van der Waals surface area contributed by atoms with Crippen molar-refractivity contribution in [3.8, 4) is 11.3 Å². The van der Waals surface area contributed by atoms with Crippen molar-refractivity contribution in [1.29, 1.82) is 0 Å². The molecule has 0 saturated heterocycles. The molecule has 1 aliphatic rings. The SMILES string of the molecule is CS(=O)(=O)c1nccc(N2CCCn3c2nc(-c2ccccc2)c([N+](=O)[O-])c3=O)n1. The van der Waals surface area contributed by atoms with Crippen LogP contribution >= 0.6 is 0 Å². The lowest BCUT2D eigenvalue weighted by Gasteiger charge is -2.30. The van der Waals surface area contributed by atoms with Gasteiger partial charge in [-0.15, -0.1) is 0 Å². The lowest BCUT2D eigenvalue weighted by atomic mass is 10.1. The summed E-state index contributed by atoms with van der Waals surface area (Å²) < 4.78 is 24.9. The highest BCUT2D eigenvalue weighted by Gasteiger charge is 2.31. The van der Waals surface area contributed by atoms with Gasteiger partial charge < -0.3 is 0 Å². The Labute approximate surface area is 170 Å². The van der Waals surface area contributed by atoms with Crippen LogP contribution in [-0.2, 0) is 16.4 Å². The normalized spacial score (nSPS) is 13.7. The molecule has 0 saturated carbocycles. The van der Waals surface area contributed by atoms with E-state index in [9.17, 15) is 23.3 Å². The number of fused-ring (bicyclic) bond motifs is 1. The molecule has 0 atom stereocenters. The van der Waals surface area contributed by atoms with Crippen molar-refractivity contribution in [2.45, 2.75) is 18.1 Å². The lowest BCUT2D eigenvalue weighted by Crippen LogP contribution is -2.37. The first-order valence-corrected chi connectivity index (χ1v) is 10.8. The minimum Gasteiger partial charge on any atom is -0.296 e. The molecule has 0 bridgehead atoms. The van der Waals surface area contributed by atoms with Crippen molar-refractivity contribution in [2.24, 2.45) is 0 Å². The molecule has 2 aromatic heterocycles. The summed E-state index contributed by atoms with van der Waals surface area (Å²) in [6.45, 7) is 0.649. The minimum absolute atomic E-state index is 0.0545. The summed E-state index contributed by atoms with van der Waals surface area (Å²) in [6, 6.07) is 9.90. The standard InChI is InChI=1S/C18H16N6O5S/c1-30(28,29)17-19-9-8-13(20-17)22-10-5-11-23-16(25)15(24(26)27)14(21-18(22)23)12-6-3-2-4-7-12/h2-4,6-9H,5,10-11H2,1H3. The molecule has 0 spiro atoms. The Balaban J connectivity index is 1.96. The third-order valence-corrected chi connectivity index (χ3v) is 5.45. The first-order chi connectivity index (χ1) is 14.3. The van der Waals surface area contributed by atoms with E-state index < -0.39 is 26.0 Å². The van der Waals surface area contributed by atoms with Crippen LogP contribution in [0.1, 0.15) is 6.42 Å². The molecule has 0 fully saturated rings. The predicted molar refractivity (Wildman–Crippen MR) is 107 cm³/mol. The zero-order valence-corrected chi connectivity index (χ0v) is 16.6. The molecule has 1 aliphatic heterocycles. The monoisotopic (exact) mass is 428 g/mol. The molecule has 30 heavy (non-hydrogen) atoms. The number of hydrogen-bond donors (Lipinski definition) is 0. The number of sulfone groups is 1. The van der Waals surface area contributed by atoms with Gasteiger partial charge in [-0.05, 0) is 12.5 Å². The van der Waals surface area contributed by atoms with Crippen molar-refractivity contribution in [2.75, 3.05) is 17.7 Å². The largest absolute Gasteiger partial charge is 0.360 e. The highest BCUT2D eigenvalue weighted by atomic mass is 32.2. The fourth-order valence-electron chi connectivity index (χ4n) is 3.27. The molecule has 0 N–H and O–H groups in total. The Morgan fingerprint density at radius 2 is 1.83 bits per heavy atom. The van der Waals surface area contributed by atoms with Crippen molar-refractivity contribution in [3.05, 3.63) is 63.1 Å². The predicted octanol–water partition coefficient (Wildman–Crippen LogP) is 1.55. The van der Waals surface area contributed by atoms with Crippen LogP contribution in [0.2, 0.25) is 0 Å². The van der Waals surface area contributed by atoms with E-state index in [2.05, 4.69) is 15.0 Å². The van der Waals surface area contributed by atoms with Crippen LogP contribution in [0, 0.1) is 10.1 Å². The quantitative estimate of drug-likeness (QED) is 0.344. The molecule has 12 heteroatoms. The summed E-state index contributed by atoms with van der Waals surface area (Å²) in [7, 11) is -3.65. The zero-order valence-electron chi connectivity index (χ0n) is 15.8. The highest BCUT2D eigenvalue weighted by molar-refractivity contribution is 7.90. The molecule has 154 valence electrons. The Morgan fingerprint density at radius 1 is 1.10 bits per heavy atom. The Hall–Kier alpha value is -3.67. The van der Waals surface area contributed by atoms with Crippen LogP contribution in [0.5, 0.6) is 0 Å². The van der Waals surface area contributed by atoms with Gasteiger partial charge in [0.1, 0.15) is 5.82 Å². The van der Waals surface area contributed by atoms with Crippen LogP contribution in [0.3, 0.4) is 0 Å². The number of rotatable bonds is 4. The first kappa shape index (κ1) is 19.6. The third-order valence-electron chi connectivity index (χ3n) is 4.59. The maximum absolute atomic E-state index is 13.0. The Kier molecular flexibility index (Phi) is 4.78. The Morgan fingerprint density at radius 3 is 2.50 bits per heavy atom. The summed E-state index contributed by atoms with van der Waals surface area (Å²) in [5.74, 6) is 0.396. The third kappa shape index (κ3) is 3.41. The molecule has 3 aromatic rings. The molecule has 0 radical (unpaired) electrons. The van der Waals surface area contributed by atoms with E-state index in [-0.39, 0.29) is 29.2 Å². The molecule has 0 amide bonds. The van der Waals surface area contributed by atoms with Crippen molar-refractivity contribution >= 4 is 27.3 Å². The fraction of sp³-hybridized carbons (Fsp3) is 0.222. The van der Waals surface area contributed by atoms with Gasteiger partial charge in [-0.3, -0.25) is 24.4 Å². The number of anilines is 2. The summed E-state index contributed by atoms with van der Waals surface area (Å²) in [5, 5.41) is 11.3. The zero-order chi connectivity index (χ0) is 21.5. The van der Waals surface area contributed by atoms with E-state index >= 15 is 0 Å².